The van der Waals surface area contributed by atoms with Crippen molar-refractivity contribution in [2.45, 2.75) is 51.2 Å². The van der Waals surface area contributed by atoms with Crippen molar-refractivity contribution >= 4 is 11.9 Å². The second kappa shape index (κ2) is 15.6. The largest absolute Gasteiger partial charge is 0.490 e. The molecular weight excluding hydrogens is 680 g/mol. The summed E-state index contributed by atoms with van der Waals surface area (Å²) in [4.78, 5) is 25.9. The van der Waals surface area contributed by atoms with Crippen molar-refractivity contribution in [1.82, 2.24) is 0 Å². The molecule has 0 aliphatic heterocycles. The van der Waals surface area contributed by atoms with Gasteiger partial charge in [-0.2, -0.15) is 0 Å². The van der Waals surface area contributed by atoms with E-state index in [-0.39, 0.29) is 42.6 Å². The molecule has 4 saturated carbocycles. The molecule has 282 valence electrons. The molecule has 54 heavy (non-hydrogen) atoms. The molecule has 4 fully saturated rings. The van der Waals surface area contributed by atoms with Gasteiger partial charge in [-0.3, -0.25) is 0 Å². The average molecular weight is 731 g/mol. The number of carbonyl (C=O) groups is 2. The van der Waals surface area contributed by atoms with Gasteiger partial charge >= 0.3 is 11.9 Å². The minimum atomic E-state index is -0.544. The number of benzene rings is 4. The molecule has 8 rings (SSSR count). The second-order valence-corrected chi connectivity index (χ2v) is 16.2. The lowest BCUT2D eigenvalue weighted by Crippen LogP contribution is -2.38. The van der Waals surface area contributed by atoms with Crippen molar-refractivity contribution < 1.29 is 38.0 Å². The Hall–Kier alpha value is -4.66. The smallest absolute Gasteiger partial charge is 0.338 e. The monoisotopic (exact) mass is 730 g/mol. The van der Waals surface area contributed by atoms with E-state index in [0.29, 0.717) is 48.2 Å². The molecule has 2 bridgehead atoms. The van der Waals surface area contributed by atoms with Gasteiger partial charge in [0.1, 0.15) is 24.7 Å². The number of para-hydroxylation sites is 2. The van der Waals surface area contributed by atoms with E-state index < -0.39 is 12.2 Å². The topological polar surface area (TPSA) is 89.5 Å². The highest BCUT2D eigenvalue weighted by molar-refractivity contribution is 5.89. The van der Waals surface area contributed by atoms with Gasteiger partial charge in [-0.05, 0) is 109 Å². The lowest BCUT2D eigenvalue weighted by atomic mass is 9.66. The van der Waals surface area contributed by atoms with Gasteiger partial charge in [0.05, 0.1) is 37.6 Å². The zero-order chi connectivity index (χ0) is 37.0. The number of carbonyl (C=O) groups excluding carboxylic acids is 2. The molecule has 0 N–H and O–H groups in total. The van der Waals surface area contributed by atoms with Crippen LogP contribution in [0.1, 0.15) is 59.7 Å². The summed E-state index contributed by atoms with van der Waals surface area (Å²) in [5.41, 5.74) is 1.69. The van der Waals surface area contributed by atoms with Crippen LogP contribution in [-0.2, 0) is 18.9 Å². The van der Waals surface area contributed by atoms with E-state index in [4.69, 9.17) is 28.4 Å². The predicted molar refractivity (Wildman–Crippen MR) is 203 cm³/mol. The van der Waals surface area contributed by atoms with Crippen LogP contribution < -0.4 is 9.47 Å². The highest BCUT2D eigenvalue weighted by atomic mass is 16.6. The standard InChI is InChI=1S/C46H50O8/c1-44(31-49-26-37(28-51-35-18-10-4-11-19-35)53-42(47)33-14-6-2-7-15-33)23-22-40-39(24-44)41-25-45(40)30-46(41,45)32-50-27-38(29-52-36-20-12-5-13-21-36)54-43(48)34-16-8-3-9-17-34/h2-21,37-41H,22-32H2,1H3. The summed E-state index contributed by atoms with van der Waals surface area (Å²) in [6, 6.07) is 37.3. The summed E-state index contributed by atoms with van der Waals surface area (Å²) in [5, 5.41) is 0. The third-order valence-electron chi connectivity index (χ3n) is 12.7. The third kappa shape index (κ3) is 7.51. The van der Waals surface area contributed by atoms with E-state index in [2.05, 4.69) is 6.92 Å². The van der Waals surface area contributed by atoms with Crippen LogP contribution >= 0.6 is 0 Å². The Bertz CT molecular complexity index is 1860. The van der Waals surface area contributed by atoms with Crippen LogP contribution in [0.5, 0.6) is 11.5 Å². The van der Waals surface area contributed by atoms with Crippen molar-refractivity contribution in [2.75, 3.05) is 39.6 Å². The molecule has 0 spiro atoms. The van der Waals surface area contributed by atoms with Gasteiger partial charge in [0, 0.05) is 5.41 Å². The minimum absolute atomic E-state index is 0.0452. The first kappa shape index (κ1) is 36.3. The summed E-state index contributed by atoms with van der Waals surface area (Å²) in [7, 11) is 0. The minimum Gasteiger partial charge on any atom is -0.490 e. The van der Waals surface area contributed by atoms with Gasteiger partial charge in [-0.15, -0.1) is 0 Å². The van der Waals surface area contributed by atoms with Crippen LogP contribution in [0.25, 0.3) is 0 Å². The maximum absolute atomic E-state index is 13.0. The van der Waals surface area contributed by atoms with E-state index in [1.165, 1.54) is 19.3 Å². The molecule has 4 aromatic carbocycles. The number of rotatable bonds is 18. The zero-order valence-corrected chi connectivity index (χ0v) is 31.0. The first-order chi connectivity index (χ1) is 26.4. The molecule has 4 aliphatic carbocycles. The Morgan fingerprint density at radius 1 is 0.611 bits per heavy atom. The molecule has 4 aromatic rings. The predicted octanol–water partition coefficient (Wildman–Crippen LogP) is 8.46. The third-order valence-corrected chi connectivity index (χ3v) is 12.7. The Kier molecular flexibility index (Phi) is 10.5. The van der Waals surface area contributed by atoms with Crippen LogP contribution in [0.4, 0.5) is 0 Å². The molecule has 8 nitrogen and oxygen atoms in total. The summed E-state index contributed by atoms with van der Waals surface area (Å²) in [5.74, 6) is 2.74. The fraction of sp³-hybridized carbons (Fsp3) is 0.435. The molecular formula is C46H50O8. The van der Waals surface area contributed by atoms with Gasteiger partial charge in [-0.25, -0.2) is 9.59 Å². The van der Waals surface area contributed by atoms with Gasteiger partial charge in [0.15, 0.2) is 12.2 Å². The SMILES string of the molecule is CC1(COCC(COc2ccccc2)OC(=O)c2ccccc2)CCC2C(C1)C1CC23CC13COCC(COc1ccccc1)OC(=O)c1ccccc1. The molecule has 0 amide bonds. The number of ether oxygens (including phenoxy) is 6. The first-order valence-corrected chi connectivity index (χ1v) is 19.4. The Labute approximate surface area is 318 Å². The Morgan fingerprint density at radius 2 is 1.09 bits per heavy atom. The maximum Gasteiger partial charge on any atom is 0.338 e. The molecule has 4 aliphatic rings. The van der Waals surface area contributed by atoms with E-state index >= 15 is 0 Å². The van der Waals surface area contributed by atoms with Gasteiger partial charge < -0.3 is 28.4 Å². The fourth-order valence-corrected chi connectivity index (χ4v) is 10.1. The first-order valence-electron chi connectivity index (χ1n) is 19.4. The van der Waals surface area contributed by atoms with Crippen LogP contribution in [-0.4, -0.2) is 63.8 Å². The maximum atomic E-state index is 13.0. The number of esters is 2. The van der Waals surface area contributed by atoms with E-state index in [1.807, 2.05) is 97.1 Å². The molecule has 8 unspecified atom stereocenters. The van der Waals surface area contributed by atoms with Gasteiger partial charge in [0.25, 0.3) is 0 Å². The summed E-state index contributed by atoms with van der Waals surface area (Å²) < 4.78 is 36.7. The quantitative estimate of drug-likeness (QED) is 0.0943. The van der Waals surface area contributed by atoms with Crippen molar-refractivity contribution in [3.8, 4) is 11.5 Å². The summed E-state index contributed by atoms with van der Waals surface area (Å²) in [6.45, 7) is 4.65. The number of fused-ring (bicyclic) bond motifs is 2. The lowest BCUT2D eigenvalue weighted by Gasteiger charge is -2.41. The van der Waals surface area contributed by atoms with Crippen LogP contribution in [0.2, 0.25) is 0 Å². The molecule has 0 saturated heterocycles. The van der Waals surface area contributed by atoms with Crippen LogP contribution in [0.15, 0.2) is 121 Å². The highest BCUT2D eigenvalue weighted by Gasteiger charge is 2.88. The van der Waals surface area contributed by atoms with E-state index in [1.54, 1.807) is 24.3 Å². The lowest BCUT2D eigenvalue weighted by molar-refractivity contribution is -0.0548. The summed E-state index contributed by atoms with van der Waals surface area (Å²) in [6.07, 6.45) is 4.90. The van der Waals surface area contributed by atoms with Gasteiger partial charge in [-0.1, -0.05) is 79.7 Å². The number of hydrogen-bond acceptors (Lipinski definition) is 8. The molecule has 0 radical (unpaired) electrons. The fourth-order valence-electron chi connectivity index (χ4n) is 10.1. The zero-order valence-electron chi connectivity index (χ0n) is 31.0. The summed E-state index contributed by atoms with van der Waals surface area (Å²) >= 11 is 0. The van der Waals surface area contributed by atoms with Crippen LogP contribution in [0, 0.1) is 34.0 Å². The van der Waals surface area contributed by atoms with Crippen LogP contribution in [0.3, 0.4) is 0 Å². The van der Waals surface area contributed by atoms with Crippen molar-refractivity contribution in [3.63, 3.8) is 0 Å². The van der Waals surface area contributed by atoms with E-state index in [0.717, 1.165) is 30.3 Å². The molecule has 8 atom stereocenters. The average Bonchev–Trinajstić information content (AvgIpc) is 3.43. The van der Waals surface area contributed by atoms with Crippen molar-refractivity contribution in [2.24, 2.45) is 34.0 Å². The van der Waals surface area contributed by atoms with Crippen molar-refractivity contribution in [1.29, 1.82) is 0 Å². The molecule has 8 heteroatoms. The Balaban J connectivity index is 0.848. The number of hydrogen-bond donors (Lipinski definition) is 0. The Morgan fingerprint density at radius 3 is 1.61 bits per heavy atom. The van der Waals surface area contributed by atoms with Gasteiger partial charge in [0.2, 0.25) is 0 Å². The van der Waals surface area contributed by atoms with E-state index in [9.17, 15) is 9.59 Å². The van der Waals surface area contributed by atoms with Crippen molar-refractivity contribution in [3.05, 3.63) is 132 Å². The normalized spacial score (nSPS) is 28.4. The molecule has 0 aromatic heterocycles. The second-order valence-electron chi connectivity index (χ2n) is 16.2. The molecule has 0 heterocycles. The highest BCUT2D eigenvalue weighted by Crippen LogP contribution is 2.93.